The third kappa shape index (κ3) is 3.18. The van der Waals surface area contributed by atoms with Crippen molar-refractivity contribution in [1.29, 1.82) is 0 Å². The number of methoxy groups -OCH3 is 1. The highest BCUT2D eigenvalue weighted by molar-refractivity contribution is 5.62. The lowest BCUT2D eigenvalue weighted by Gasteiger charge is -2.04. The molecule has 0 saturated heterocycles. The fraction of sp³-hybridized carbons (Fsp3) is 0.167. The van der Waals surface area contributed by atoms with Gasteiger partial charge in [-0.3, -0.25) is 4.68 Å². The van der Waals surface area contributed by atoms with Crippen molar-refractivity contribution in [2.45, 2.75) is 13.2 Å². The molecule has 1 aromatic heterocycles. The average Bonchev–Trinajstić information content (AvgIpc) is 3.04. The van der Waals surface area contributed by atoms with Crippen molar-refractivity contribution in [3.05, 3.63) is 72.1 Å². The molecule has 3 rings (SSSR count). The Morgan fingerprint density at radius 1 is 1.05 bits per heavy atom. The molecule has 4 heteroatoms. The molecule has 0 aliphatic heterocycles. The fourth-order valence-corrected chi connectivity index (χ4v) is 2.37. The van der Waals surface area contributed by atoms with E-state index < -0.39 is 0 Å². The molecule has 0 aliphatic rings. The largest absolute Gasteiger partial charge is 0.497 e. The summed E-state index contributed by atoms with van der Waals surface area (Å²) in [5.41, 5.74) is 4.18. The number of ether oxygens (including phenoxy) is 1. The van der Waals surface area contributed by atoms with Crippen LogP contribution in [0.4, 0.5) is 0 Å². The van der Waals surface area contributed by atoms with E-state index in [2.05, 4.69) is 5.10 Å². The van der Waals surface area contributed by atoms with Crippen LogP contribution in [0.3, 0.4) is 0 Å². The number of aliphatic hydroxyl groups is 1. The maximum atomic E-state index is 9.22. The van der Waals surface area contributed by atoms with Crippen molar-refractivity contribution in [1.82, 2.24) is 9.78 Å². The van der Waals surface area contributed by atoms with Crippen molar-refractivity contribution in [3.8, 4) is 16.9 Å². The molecule has 0 fully saturated rings. The van der Waals surface area contributed by atoms with Gasteiger partial charge in [0.15, 0.2) is 0 Å². The molecule has 0 amide bonds. The number of hydrogen-bond acceptors (Lipinski definition) is 3. The van der Waals surface area contributed by atoms with E-state index in [1.165, 1.54) is 5.56 Å². The quantitative estimate of drug-likeness (QED) is 0.786. The monoisotopic (exact) mass is 294 g/mol. The van der Waals surface area contributed by atoms with E-state index in [-0.39, 0.29) is 6.61 Å². The third-order valence-corrected chi connectivity index (χ3v) is 3.58. The minimum Gasteiger partial charge on any atom is -0.497 e. The van der Waals surface area contributed by atoms with Crippen molar-refractivity contribution in [2.24, 2.45) is 0 Å². The van der Waals surface area contributed by atoms with E-state index in [0.29, 0.717) is 6.54 Å². The van der Waals surface area contributed by atoms with E-state index in [4.69, 9.17) is 4.74 Å². The van der Waals surface area contributed by atoms with Gasteiger partial charge in [0.2, 0.25) is 0 Å². The van der Waals surface area contributed by atoms with Crippen LogP contribution in [0.5, 0.6) is 5.75 Å². The SMILES string of the molecule is COc1ccc(Cn2cc(-c3cccc(CO)c3)cn2)cc1. The summed E-state index contributed by atoms with van der Waals surface area (Å²) in [6, 6.07) is 15.8. The highest BCUT2D eigenvalue weighted by atomic mass is 16.5. The normalized spacial score (nSPS) is 10.6. The molecule has 0 atom stereocenters. The summed E-state index contributed by atoms with van der Waals surface area (Å²) in [6.45, 7) is 0.761. The Balaban J connectivity index is 1.77. The summed E-state index contributed by atoms with van der Waals surface area (Å²) in [7, 11) is 1.66. The molecule has 4 nitrogen and oxygen atoms in total. The summed E-state index contributed by atoms with van der Waals surface area (Å²) in [5.74, 6) is 0.853. The van der Waals surface area contributed by atoms with Crippen molar-refractivity contribution >= 4 is 0 Å². The van der Waals surface area contributed by atoms with Gasteiger partial charge in [0.25, 0.3) is 0 Å². The first kappa shape index (κ1) is 14.4. The topological polar surface area (TPSA) is 47.3 Å². The van der Waals surface area contributed by atoms with E-state index in [1.807, 2.05) is 65.6 Å². The Morgan fingerprint density at radius 2 is 1.86 bits per heavy atom. The molecular formula is C18H18N2O2. The summed E-state index contributed by atoms with van der Waals surface area (Å²) in [5, 5.41) is 13.6. The Hall–Kier alpha value is -2.59. The van der Waals surface area contributed by atoms with Crippen molar-refractivity contribution < 1.29 is 9.84 Å². The first-order valence-corrected chi connectivity index (χ1v) is 7.14. The lowest BCUT2D eigenvalue weighted by atomic mass is 10.1. The number of hydrogen-bond donors (Lipinski definition) is 1. The molecule has 2 aromatic carbocycles. The molecule has 112 valence electrons. The molecule has 3 aromatic rings. The number of benzene rings is 2. The predicted octanol–water partition coefficient (Wildman–Crippen LogP) is 3.10. The second kappa shape index (κ2) is 6.45. The lowest BCUT2D eigenvalue weighted by Crippen LogP contribution is -1.99. The van der Waals surface area contributed by atoms with Gasteiger partial charge in [0.1, 0.15) is 5.75 Å². The molecular weight excluding hydrogens is 276 g/mol. The molecule has 0 radical (unpaired) electrons. The molecule has 0 bridgehead atoms. The van der Waals surface area contributed by atoms with E-state index in [9.17, 15) is 5.11 Å². The Bertz CT molecular complexity index is 748. The van der Waals surface area contributed by atoms with Gasteiger partial charge in [-0.25, -0.2) is 0 Å². The van der Waals surface area contributed by atoms with E-state index >= 15 is 0 Å². The standard InChI is InChI=1S/C18H18N2O2/c1-22-18-7-5-14(6-8-18)11-20-12-17(10-19-20)16-4-2-3-15(9-16)13-21/h2-10,12,21H,11,13H2,1H3. The zero-order chi connectivity index (χ0) is 15.4. The predicted molar refractivity (Wildman–Crippen MR) is 85.7 cm³/mol. The van der Waals surface area contributed by atoms with Gasteiger partial charge in [-0.05, 0) is 34.9 Å². The average molecular weight is 294 g/mol. The van der Waals surface area contributed by atoms with Gasteiger partial charge < -0.3 is 9.84 Å². The van der Waals surface area contributed by atoms with Crippen molar-refractivity contribution in [3.63, 3.8) is 0 Å². The Labute approximate surface area is 129 Å². The van der Waals surface area contributed by atoms with Crippen LogP contribution in [0.25, 0.3) is 11.1 Å². The molecule has 22 heavy (non-hydrogen) atoms. The van der Waals surface area contributed by atoms with Crippen LogP contribution < -0.4 is 4.74 Å². The van der Waals surface area contributed by atoms with Gasteiger partial charge in [0.05, 0.1) is 26.5 Å². The second-order valence-corrected chi connectivity index (χ2v) is 5.13. The van der Waals surface area contributed by atoms with Gasteiger partial charge in [-0.1, -0.05) is 30.3 Å². The smallest absolute Gasteiger partial charge is 0.118 e. The highest BCUT2D eigenvalue weighted by Gasteiger charge is 2.04. The summed E-state index contributed by atoms with van der Waals surface area (Å²) >= 11 is 0. The molecule has 0 aliphatic carbocycles. The first-order chi connectivity index (χ1) is 10.8. The third-order valence-electron chi connectivity index (χ3n) is 3.58. The maximum Gasteiger partial charge on any atom is 0.118 e. The number of nitrogens with zero attached hydrogens (tertiary/aromatic N) is 2. The van der Waals surface area contributed by atoms with Gasteiger partial charge in [0, 0.05) is 11.8 Å². The van der Waals surface area contributed by atoms with Crippen LogP contribution in [-0.2, 0) is 13.2 Å². The Morgan fingerprint density at radius 3 is 2.59 bits per heavy atom. The summed E-state index contributed by atoms with van der Waals surface area (Å²) in [4.78, 5) is 0. The Kier molecular flexibility index (Phi) is 4.21. The molecule has 0 unspecified atom stereocenters. The van der Waals surface area contributed by atoms with Crippen molar-refractivity contribution in [2.75, 3.05) is 7.11 Å². The van der Waals surface area contributed by atoms with Gasteiger partial charge in [-0.15, -0.1) is 0 Å². The zero-order valence-corrected chi connectivity index (χ0v) is 12.4. The van der Waals surface area contributed by atoms with Crippen LogP contribution in [0.15, 0.2) is 60.9 Å². The molecule has 1 N–H and O–H groups in total. The molecule has 0 saturated carbocycles. The second-order valence-electron chi connectivity index (χ2n) is 5.13. The maximum absolute atomic E-state index is 9.22. The van der Waals surface area contributed by atoms with Crippen LogP contribution in [-0.4, -0.2) is 22.0 Å². The summed E-state index contributed by atoms with van der Waals surface area (Å²) in [6.07, 6.45) is 3.86. The van der Waals surface area contributed by atoms with Crippen LogP contribution >= 0.6 is 0 Å². The lowest BCUT2D eigenvalue weighted by molar-refractivity contribution is 0.282. The van der Waals surface area contributed by atoms with Crippen LogP contribution in [0, 0.1) is 0 Å². The van der Waals surface area contributed by atoms with Gasteiger partial charge >= 0.3 is 0 Å². The van der Waals surface area contributed by atoms with Crippen LogP contribution in [0.2, 0.25) is 0 Å². The van der Waals surface area contributed by atoms with E-state index in [0.717, 1.165) is 22.4 Å². The molecule has 0 spiro atoms. The summed E-state index contributed by atoms with van der Waals surface area (Å²) < 4.78 is 7.07. The fourth-order valence-electron chi connectivity index (χ4n) is 2.37. The number of aliphatic hydroxyl groups excluding tert-OH is 1. The first-order valence-electron chi connectivity index (χ1n) is 7.14. The van der Waals surface area contributed by atoms with Gasteiger partial charge in [-0.2, -0.15) is 5.10 Å². The number of rotatable bonds is 5. The highest BCUT2D eigenvalue weighted by Crippen LogP contribution is 2.20. The molecule has 1 heterocycles. The minimum absolute atomic E-state index is 0.0494. The minimum atomic E-state index is 0.0494. The van der Waals surface area contributed by atoms with E-state index in [1.54, 1.807) is 7.11 Å². The van der Waals surface area contributed by atoms with Crippen LogP contribution in [0.1, 0.15) is 11.1 Å². The zero-order valence-electron chi connectivity index (χ0n) is 12.4. The number of aromatic nitrogens is 2.